The highest BCUT2D eigenvalue weighted by molar-refractivity contribution is 7.49. The highest BCUT2D eigenvalue weighted by Crippen LogP contribution is 2.50. The van der Waals surface area contributed by atoms with Gasteiger partial charge in [-0.05, 0) is 12.8 Å². The molecule has 34 heavy (non-hydrogen) atoms. The van der Waals surface area contributed by atoms with Gasteiger partial charge in [-0.15, -0.1) is 0 Å². The van der Waals surface area contributed by atoms with E-state index in [1.54, 1.807) is 0 Å². The lowest BCUT2D eigenvalue weighted by molar-refractivity contribution is 0.154. The molecule has 0 heterocycles. The third kappa shape index (κ3) is 25.5. The predicted octanol–water partition coefficient (Wildman–Crippen LogP) is 11.7. The molecule has 0 aromatic rings. The molecule has 0 amide bonds. The molecule has 0 bridgehead atoms. The van der Waals surface area contributed by atoms with E-state index in [0.717, 1.165) is 25.7 Å². The van der Waals surface area contributed by atoms with Crippen molar-refractivity contribution >= 4 is 19.7 Å². The van der Waals surface area contributed by atoms with Gasteiger partial charge in [0.05, 0.1) is 25.1 Å². The van der Waals surface area contributed by atoms with E-state index in [1.807, 2.05) is 0 Å². The van der Waals surface area contributed by atoms with Crippen LogP contribution in [0.5, 0.6) is 0 Å². The Morgan fingerprint density at radius 1 is 0.441 bits per heavy atom. The van der Waals surface area contributed by atoms with Crippen LogP contribution in [-0.4, -0.2) is 13.2 Å². The van der Waals surface area contributed by atoms with E-state index < -0.39 is 7.82 Å². The molecule has 0 fully saturated rings. The van der Waals surface area contributed by atoms with Gasteiger partial charge in [0.25, 0.3) is 0 Å². The van der Waals surface area contributed by atoms with Crippen LogP contribution in [0.2, 0.25) is 0 Å². The van der Waals surface area contributed by atoms with E-state index in [4.69, 9.17) is 20.9 Å². The van der Waals surface area contributed by atoms with E-state index in [-0.39, 0.29) is 0 Å². The van der Waals surface area contributed by atoms with Crippen LogP contribution in [0.15, 0.2) is 0 Å². The van der Waals surface area contributed by atoms with Crippen molar-refractivity contribution in [3.8, 4) is 0 Å². The smallest absolute Gasteiger partial charge is 0.286 e. The molecule has 0 N–H and O–H groups in total. The van der Waals surface area contributed by atoms with Crippen LogP contribution >= 0.6 is 19.7 Å². The maximum atomic E-state index is 12.4. The third-order valence-corrected chi connectivity index (χ3v) is 8.25. The first kappa shape index (κ1) is 34.4. The molecule has 0 radical (unpaired) electrons. The van der Waals surface area contributed by atoms with Crippen LogP contribution in [0.25, 0.3) is 0 Å². The van der Waals surface area contributed by atoms with Gasteiger partial charge in [-0.3, -0.25) is 9.05 Å². The summed E-state index contributed by atoms with van der Waals surface area (Å²) in [7, 11) is -3.60. The van der Waals surface area contributed by atoms with Gasteiger partial charge < -0.3 is 0 Å². The zero-order chi connectivity index (χ0) is 25.0. The fourth-order valence-electron chi connectivity index (χ4n) is 4.32. The molecule has 0 aliphatic rings. The molecule has 0 saturated carbocycles. The fourth-order valence-corrected chi connectivity index (χ4v) is 5.41. The van der Waals surface area contributed by atoms with E-state index >= 15 is 0 Å². The van der Waals surface area contributed by atoms with Crippen LogP contribution in [-0.2, 0) is 17.7 Å². The lowest BCUT2D eigenvalue weighted by Crippen LogP contribution is -2.00. The van der Waals surface area contributed by atoms with Gasteiger partial charge in [-0.2, -0.15) is 4.08 Å². The summed E-state index contributed by atoms with van der Waals surface area (Å²) in [5.74, 6) is 0. The number of hydrogen-bond acceptors (Lipinski definition) is 4. The number of rotatable bonds is 29. The first-order valence-electron chi connectivity index (χ1n) is 14.9. The minimum atomic E-state index is -3.60. The molecule has 4 nitrogen and oxygen atoms in total. The van der Waals surface area contributed by atoms with Gasteiger partial charge in [0.1, 0.15) is 0 Å². The maximum Gasteiger partial charge on any atom is 0.491 e. The molecular weight excluding hydrogens is 467 g/mol. The van der Waals surface area contributed by atoms with Gasteiger partial charge >= 0.3 is 7.82 Å². The Morgan fingerprint density at radius 3 is 0.912 bits per heavy atom. The summed E-state index contributed by atoms with van der Waals surface area (Å²) in [6.45, 7) is 5.28. The number of phosphoric ester groups is 1. The Kier molecular flexibility index (Phi) is 28.3. The molecule has 206 valence electrons. The molecule has 0 aliphatic heterocycles. The Hall–Kier alpha value is 0.400. The highest BCUT2D eigenvalue weighted by atomic mass is 35.5. The Morgan fingerprint density at radius 2 is 0.676 bits per heavy atom. The molecule has 6 heteroatoms. The SMILES string of the molecule is CCCCCCCCCCCCCCOP(=O)(OCl)OCCCCCCCCCCCCCC. The van der Waals surface area contributed by atoms with Crippen molar-refractivity contribution in [1.29, 1.82) is 0 Å². The molecule has 0 saturated heterocycles. The van der Waals surface area contributed by atoms with Crippen molar-refractivity contribution in [1.82, 2.24) is 0 Å². The third-order valence-electron chi connectivity index (χ3n) is 6.58. The second kappa shape index (κ2) is 28.0. The maximum absolute atomic E-state index is 12.4. The van der Waals surface area contributed by atoms with E-state index in [1.165, 1.54) is 128 Å². The molecule has 0 spiro atoms. The highest BCUT2D eigenvalue weighted by Gasteiger charge is 2.26. The summed E-state index contributed by atoms with van der Waals surface area (Å²) in [4.78, 5) is 0. The number of hydrogen-bond donors (Lipinski definition) is 0. The van der Waals surface area contributed by atoms with Crippen molar-refractivity contribution in [2.75, 3.05) is 13.2 Å². The first-order chi connectivity index (χ1) is 16.7. The standard InChI is InChI=1S/C28H58ClO4P/c1-3-5-7-9-11-13-15-17-19-21-23-25-27-31-34(30,33-29)32-28-26-24-22-20-18-16-14-12-10-8-6-4-2/h3-28H2,1-2H3. The zero-order valence-corrected chi connectivity index (χ0v) is 24.5. The Bertz CT molecular complexity index is 403. The van der Waals surface area contributed by atoms with Crippen molar-refractivity contribution in [2.24, 2.45) is 0 Å². The fraction of sp³-hybridized carbons (Fsp3) is 1.00. The van der Waals surface area contributed by atoms with E-state index in [2.05, 4.69) is 17.9 Å². The van der Waals surface area contributed by atoms with Crippen LogP contribution in [0.3, 0.4) is 0 Å². The monoisotopic (exact) mass is 524 g/mol. The predicted molar refractivity (Wildman–Crippen MR) is 149 cm³/mol. The molecule has 0 aromatic heterocycles. The summed E-state index contributed by atoms with van der Waals surface area (Å²) in [5.41, 5.74) is 0. The molecule has 0 unspecified atom stereocenters. The van der Waals surface area contributed by atoms with Crippen molar-refractivity contribution in [3.05, 3.63) is 0 Å². The minimum absolute atomic E-state index is 0.375. The van der Waals surface area contributed by atoms with Crippen LogP contribution < -0.4 is 0 Å². The Balaban J connectivity index is 3.43. The number of phosphoric acid groups is 1. The van der Waals surface area contributed by atoms with Gasteiger partial charge in [0.2, 0.25) is 0 Å². The average Bonchev–Trinajstić information content (AvgIpc) is 2.85. The number of unbranched alkanes of at least 4 members (excludes halogenated alkanes) is 22. The van der Waals surface area contributed by atoms with Crippen molar-refractivity contribution in [2.45, 2.75) is 168 Å². The van der Waals surface area contributed by atoms with Gasteiger partial charge in [-0.25, -0.2) is 4.57 Å². The summed E-state index contributed by atoms with van der Waals surface area (Å²) < 4.78 is 27.6. The van der Waals surface area contributed by atoms with E-state index in [0.29, 0.717) is 13.2 Å². The summed E-state index contributed by atoms with van der Waals surface area (Å²) in [6.07, 6.45) is 30.7. The largest absolute Gasteiger partial charge is 0.491 e. The molecule has 0 rings (SSSR count). The van der Waals surface area contributed by atoms with Gasteiger partial charge in [-0.1, -0.05) is 155 Å². The second-order valence-corrected chi connectivity index (χ2v) is 11.9. The van der Waals surface area contributed by atoms with Crippen molar-refractivity contribution < 1.29 is 17.7 Å². The quantitative estimate of drug-likeness (QED) is 0.0720. The topological polar surface area (TPSA) is 44.8 Å². The first-order valence-corrected chi connectivity index (χ1v) is 16.6. The summed E-state index contributed by atoms with van der Waals surface area (Å²) in [6, 6.07) is 0. The zero-order valence-electron chi connectivity index (χ0n) is 22.8. The lowest BCUT2D eigenvalue weighted by Gasteiger charge is -2.14. The van der Waals surface area contributed by atoms with Crippen LogP contribution in [0.1, 0.15) is 168 Å². The number of halogens is 1. The Labute approximate surface area is 218 Å². The molecular formula is C28H58ClO4P. The molecule has 0 aliphatic carbocycles. The minimum Gasteiger partial charge on any atom is -0.286 e. The molecule has 0 aromatic carbocycles. The summed E-state index contributed by atoms with van der Waals surface area (Å²) in [5, 5.41) is 0. The van der Waals surface area contributed by atoms with Crippen molar-refractivity contribution in [3.63, 3.8) is 0 Å². The lowest BCUT2D eigenvalue weighted by atomic mass is 10.1. The summed E-state index contributed by atoms with van der Waals surface area (Å²) >= 11 is 5.40. The van der Waals surface area contributed by atoms with Gasteiger partial charge in [0, 0.05) is 0 Å². The van der Waals surface area contributed by atoms with E-state index in [9.17, 15) is 4.57 Å². The second-order valence-electron chi connectivity index (χ2n) is 9.96. The van der Waals surface area contributed by atoms with Crippen LogP contribution in [0, 0.1) is 0 Å². The average molecular weight is 525 g/mol. The van der Waals surface area contributed by atoms with Crippen LogP contribution in [0.4, 0.5) is 0 Å². The molecule has 0 atom stereocenters. The van der Waals surface area contributed by atoms with Gasteiger partial charge in [0.15, 0.2) is 0 Å². The normalized spacial score (nSPS) is 12.0.